The Morgan fingerprint density at radius 1 is 1.17 bits per heavy atom. The lowest BCUT2D eigenvalue weighted by Crippen LogP contribution is -2.10. The van der Waals surface area contributed by atoms with Gasteiger partial charge in [-0.05, 0) is 18.3 Å². The highest BCUT2D eigenvalue weighted by Gasteiger charge is 2.05. The summed E-state index contributed by atoms with van der Waals surface area (Å²) in [6.45, 7) is 8.84. The van der Waals surface area contributed by atoms with Crippen molar-refractivity contribution in [2.45, 2.75) is 40.5 Å². The van der Waals surface area contributed by atoms with Crippen LogP contribution in [0, 0.1) is 11.8 Å². The normalized spacial score (nSPS) is 10.8. The van der Waals surface area contributed by atoms with Gasteiger partial charge in [-0.3, -0.25) is 4.79 Å². The third-order valence-corrected chi connectivity index (χ3v) is 1.50. The molecule has 2 nitrogen and oxygen atoms in total. The first-order valence-corrected chi connectivity index (χ1v) is 4.68. The summed E-state index contributed by atoms with van der Waals surface area (Å²) < 4.78 is 5.01. The Morgan fingerprint density at radius 3 is 2.17 bits per heavy atom. The Hall–Kier alpha value is -0.530. The Kier molecular flexibility index (Phi) is 5.77. The second kappa shape index (κ2) is 6.04. The molecule has 0 amide bonds. The lowest BCUT2D eigenvalue weighted by Gasteiger charge is -2.07. The van der Waals surface area contributed by atoms with E-state index >= 15 is 0 Å². The van der Waals surface area contributed by atoms with Crippen LogP contribution in [-0.2, 0) is 9.53 Å². The maximum atomic E-state index is 11.0. The van der Waals surface area contributed by atoms with Crippen molar-refractivity contribution >= 4 is 5.97 Å². The molecule has 0 saturated carbocycles. The molecule has 0 aliphatic rings. The van der Waals surface area contributed by atoms with Crippen molar-refractivity contribution in [3.05, 3.63) is 0 Å². The van der Waals surface area contributed by atoms with Crippen LogP contribution >= 0.6 is 0 Å². The predicted octanol–water partition coefficient (Wildman–Crippen LogP) is 2.62. The smallest absolute Gasteiger partial charge is 0.305 e. The number of ether oxygens (including phenoxy) is 1. The van der Waals surface area contributed by atoms with Crippen LogP contribution in [0.1, 0.15) is 40.5 Å². The molecule has 0 aliphatic carbocycles. The van der Waals surface area contributed by atoms with Gasteiger partial charge in [-0.25, -0.2) is 0 Å². The van der Waals surface area contributed by atoms with E-state index in [-0.39, 0.29) is 5.97 Å². The van der Waals surface area contributed by atoms with Gasteiger partial charge in [0.25, 0.3) is 0 Å². The molecule has 0 bridgehead atoms. The van der Waals surface area contributed by atoms with Crippen molar-refractivity contribution in [2.75, 3.05) is 6.61 Å². The van der Waals surface area contributed by atoms with Crippen molar-refractivity contribution in [3.8, 4) is 0 Å². The van der Waals surface area contributed by atoms with Crippen molar-refractivity contribution in [1.29, 1.82) is 0 Å². The largest absolute Gasteiger partial charge is 0.465 e. The van der Waals surface area contributed by atoms with E-state index in [1.807, 2.05) is 13.8 Å². The van der Waals surface area contributed by atoms with Gasteiger partial charge in [0.1, 0.15) is 0 Å². The van der Waals surface area contributed by atoms with Gasteiger partial charge in [-0.2, -0.15) is 0 Å². The number of hydrogen-bond acceptors (Lipinski definition) is 2. The highest BCUT2D eigenvalue weighted by Crippen LogP contribution is 2.05. The fourth-order valence-corrected chi connectivity index (χ4v) is 0.738. The first kappa shape index (κ1) is 11.5. The molecule has 12 heavy (non-hydrogen) atoms. The molecular weight excluding hydrogens is 152 g/mol. The second-order valence-electron chi connectivity index (χ2n) is 4.01. The van der Waals surface area contributed by atoms with Gasteiger partial charge in [0, 0.05) is 6.42 Å². The summed E-state index contributed by atoms with van der Waals surface area (Å²) >= 11 is 0. The molecule has 0 N–H and O–H groups in total. The van der Waals surface area contributed by atoms with E-state index in [1.54, 1.807) is 0 Å². The van der Waals surface area contributed by atoms with E-state index < -0.39 is 0 Å². The van der Waals surface area contributed by atoms with Crippen molar-refractivity contribution < 1.29 is 9.53 Å². The molecule has 0 saturated heterocycles. The van der Waals surface area contributed by atoms with E-state index in [2.05, 4.69) is 13.8 Å². The average Bonchev–Trinajstić information content (AvgIpc) is 1.96. The summed E-state index contributed by atoms with van der Waals surface area (Å²) in [5.41, 5.74) is 0. The van der Waals surface area contributed by atoms with E-state index in [1.165, 1.54) is 0 Å². The number of hydrogen-bond donors (Lipinski definition) is 0. The van der Waals surface area contributed by atoms with Crippen molar-refractivity contribution in [1.82, 2.24) is 0 Å². The predicted molar refractivity (Wildman–Crippen MR) is 49.9 cm³/mol. The molecule has 0 atom stereocenters. The monoisotopic (exact) mass is 172 g/mol. The van der Waals surface area contributed by atoms with Crippen LogP contribution in [-0.4, -0.2) is 12.6 Å². The van der Waals surface area contributed by atoms with E-state index in [9.17, 15) is 4.79 Å². The van der Waals surface area contributed by atoms with E-state index in [0.29, 0.717) is 24.9 Å². The minimum absolute atomic E-state index is 0.0580. The minimum Gasteiger partial charge on any atom is -0.465 e. The molecule has 0 radical (unpaired) electrons. The maximum absolute atomic E-state index is 11.0. The topological polar surface area (TPSA) is 26.3 Å². The zero-order chi connectivity index (χ0) is 9.56. The molecule has 0 rings (SSSR count). The molecule has 0 aromatic heterocycles. The van der Waals surface area contributed by atoms with Gasteiger partial charge in [-0.1, -0.05) is 27.7 Å². The summed E-state index contributed by atoms with van der Waals surface area (Å²) in [5.74, 6) is 0.960. The molecule has 0 aromatic rings. The summed E-state index contributed by atoms with van der Waals surface area (Å²) in [6, 6.07) is 0. The standard InChI is InChI=1S/C10H20O2/c1-8(2)5-6-10(11)12-7-9(3)4/h8-9H,5-7H2,1-4H3. The fourth-order valence-electron chi connectivity index (χ4n) is 0.738. The molecule has 0 fully saturated rings. The highest BCUT2D eigenvalue weighted by atomic mass is 16.5. The van der Waals surface area contributed by atoms with Crippen LogP contribution in [0.5, 0.6) is 0 Å². The molecule has 0 heterocycles. The Bertz CT molecular complexity index is 114. The van der Waals surface area contributed by atoms with Crippen molar-refractivity contribution in [2.24, 2.45) is 11.8 Å². The molecule has 0 unspecified atom stereocenters. The summed E-state index contributed by atoms with van der Waals surface area (Å²) in [6.07, 6.45) is 1.49. The average molecular weight is 172 g/mol. The SMILES string of the molecule is CC(C)CCC(=O)OCC(C)C. The number of esters is 1. The van der Waals surface area contributed by atoms with Gasteiger partial charge in [0.05, 0.1) is 6.61 Å². The van der Waals surface area contributed by atoms with Crippen LogP contribution in [0.3, 0.4) is 0 Å². The quantitative estimate of drug-likeness (QED) is 0.596. The van der Waals surface area contributed by atoms with Crippen LogP contribution in [0.4, 0.5) is 0 Å². The lowest BCUT2D eigenvalue weighted by molar-refractivity contribution is -0.145. The second-order valence-corrected chi connectivity index (χ2v) is 4.01. The van der Waals surface area contributed by atoms with Gasteiger partial charge >= 0.3 is 5.97 Å². The Morgan fingerprint density at radius 2 is 1.75 bits per heavy atom. The maximum Gasteiger partial charge on any atom is 0.305 e. The van der Waals surface area contributed by atoms with Gasteiger partial charge in [-0.15, -0.1) is 0 Å². The summed E-state index contributed by atoms with van der Waals surface area (Å²) in [7, 11) is 0. The Labute approximate surface area is 75.3 Å². The number of rotatable bonds is 5. The molecular formula is C10H20O2. The first-order chi connectivity index (χ1) is 5.52. The summed E-state index contributed by atoms with van der Waals surface area (Å²) in [5, 5.41) is 0. The minimum atomic E-state index is -0.0580. The van der Waals surface area contributed by atoms with Crippen LogP contribution in [0.25, 0.3) is 0 Å². The van der Waals surface area contributed by atoms with Crippen LogP contribution < -0.4 is 0 Å². The fraction of sp³-hybridized carbons (Fsp3) is 0.900. The molecule has 0 spiro atoms. The molecule has 0 aliphatic heterocycles. The molecule has 72 valence electrons. The van der Waals surface area contributed by atoms with Crippen LogP contribution in [0.15, 0.2) is 0 Å². The third kappa shape index (κ3) is 7.58. The zero-order valence-corrected chi connectivity index (χ0v) is 8.59. The van der Waals surface area contributed by atoms with Crippen LogP contribution in [0.2, 0.25) is 0 Å². The number of carbonyl (C=O) groups excluding carboxylic acids is 1. The molecule has 0 aromatic carbocycles. The zero-order valence-electron chi connectivity index (χ0n) is 8.59. The van der Waals surface area contributed by atoms with E-state index in [0.717, 1.165) is 6.42 Å². The van der Waals surface area contributed by atoms with Crippen molar-refractivity contribution in [3.63, 3.8) is 0 Å². The third-order valence-electron chi connectivity index (χ3n) is 1.50. The first-order valence-electron chi connectivity index (χ1n) is 4.68. The van der Waals surface area contributed by atoms with Gasteiger partial charge < -0.3 is 4.74 Å². The lowest BCUT2D eigenvalue weighted by atomic mass is 10.1. The number of carbonyl (C=O) groups is 1. The van der Waals surface area contributed by atoms with E-state index in [4.69, 9.17) is 4.74 Å². The summed E-state index contributed by atoms with van der Waals surface area (Å²) in [4.78, 5) is 11.0. The van der Waals surface area contributed by atoms with Gasteiger partial charge in [0.15, 0.2) is 0 Å². The van der Waals surface area contributed by atoms with Gasteiger partial charge in [0.2, 0.25) is 0 Å². The highest BCUT2D eigenvalue weighted by molar-refractivity contribution is 5.69. The Balaban J connectivity index is 3.34. The molecule has 2 heteroatoms.